The average Bonchev–Trinajstić information content (AvgIpc) is 3.52. The van der Waals surface area contributed by atoms with E-state index in [1.165, 1.54) is 12.8 Å². The molecule has 3 N–H and O–H groups in total. The second-order valence-electron chi connectivity index (χ2n) is 9.87. The number of halogens is 3. The first-order valence-corrected chi connectivity index (χ1v) is 11.8. The molecule has 0 bridgehead atoms. The minimum atomic E-state index is -2.67. The fourth-order valence-electron chi connectivity index (χ4n) is 4.98. The van der Waals surface area contributed by atoms with Gasteiger partial charge in [0.2, 0.25) is 5.95 Å². The summed E-state index contributed by atoms with van der Waals surface area (Å²) in [5.74, 6) is -3.57. The molecular formula is C24H29F3N6O. The standard InChI is InChI=1S/C24H29F3N6O/c1-15-12-19(33-10-6-24(26,27)7-11-33)30-22(29-15)31-21(34)20-17(25)13-16(28)14-18(20)32-8-4-23(2-3-23)5-9-32/h12-14H,2-11,28H2,1H3,(H,29,30,31,34). The third kappa shape index (κ3) is 4.63. The second kappa shape index (κ2) is 8.32. The Morgan fingerprint density at radius 2 is 1.62 bits per heavy atom. The number of nitrogens with two attached hydrogens (primary N) is 1. The summed E-state index contributed by atoms with van der Waals surface area (Å²) >= 11 is 0. The van der Waals surface area contributed by atoms with E-state index in [-0.39, 0.29) is 43.1 Å². The molecule has 10 heteroatoms. The van der Waals surface area contributed by atoms with Gasteiger partial charge in [0.15, 0.2) is 0 Å². The molecule has 1 spiro atoms. The topological polar surface area (TPSA) is 87.4 Å². The molecule has 1 aromatic heterocycles. The van der Waals surface area contributed by atoms with Crippen LogP contribution in [0.4, 0.5) is 36.3 Å². The predicted octanol–water partition coefficient (Wildman–Crippen LogP) is 4.37. The van der Waals surface area contributed by atoms with Gasteiger partial charge in [-0.3, -0.25) is 10.1 Å². The third-order valence-electron chi connectivity index (χ3n) is 7.33. The van der Waals surface area contributed by atoms with Crippen LogP contribution in [0.5, 0.6) is 0 Å². The number of rotatable bonds is 4. The summed E-state index contributed by atoms with van der Waals surface area (Å²) in [5.41, 5.74) is 7.55. The maximum absolute atomic E-state index is 15.0. The van der Waals surface area contributed by atoms with Crippen molar-refractivity contribution in [3.63, 3.8) is 0 Å². The van der Waals surface area contributed by atoms with Gasteiger partial charge in [-0.1, -0.05) is 0 Å². The number of aromatic nitrogens is 2. The molecule has 0 unspecified atom stereocenters. The van der Waals surface area contributed by atoms with Gasteiger partial charge in [0.1, 0.15) is 11.6 Å². The highest BCUT2D eigenvalue weighted by atomic mass is 19.3. The molecule has 0 atom stereocenters. The third-order valence-corrected chi connectivity index (χ3v) is 7.33. The number of piperidine rings is 2. The highest BCUT2D eigenvalue weighted by Crippen LogP contribution is 2.54. The zero-order valence-electron chi connectivity index (χ0n) is 19.2. The van der Waals surface area contributed by atoms with Gasteiger partial charge in [0.25, 0.3) is 11.8 Å². The molecule has 5 rings (SSSR count). The normalized spacial score (nSPS) is 20.9. The summed E-state index contributed by atoms with van der Waals surface area (Å²) in [4.78, 5) is 25.6. The molecule has 1 aromatic carbocycles. The van der Waals surface area contributed by atoms with E-state index < -0.39 is 17.6 Å². The number of benzene rings is 1. The molecule has 2 aliphatic heterocycles. The van der Waals surface area contributed by atoms with Gasteiger partial charge in [-0.25, -0.2) is 18.2 Å². The van der Waals surface area contributed by atoms with Gasteiger partial charge in [-0.05, 0) is 50.2 Å². The van der Waals surface area contributed by atoms with Crippen molar-refractivity contribution in [3.8, 4) is 0 Å². The number of alkyl halides is 2. The molecular weight excluding hydrogens is 445 g/mol. The van der Waals surface area contributed by atoms with Crippen molar-refractivity contribution >= 4 is 29.0 Å². The van der Waals surface area contributed by atoms with Crippen molar-refractivity contribution in [2.75, 3.05) is 47.0 Å². The Morgan fingerprint density at radius 3 is 2.26 bits per heavy atom. The maximum atomic E-state index is 15.0. The van der Waals surface area contributed by atoms with Crippen LogP contribution in [0.1, 0.15) is 54.6 Å². The van der Waals surface area contributed by atoms with Crippen LogP contribution in [0.3, 0.4) is 0 Å². The molecule has 0 radical (unpaired) electrons. The highest BCUT2D eigenvalue weighted by molar-refractivity contribution is 6.08. The number of hydrogen-bond acceptors (Lipinski definition) is 6. The lowest BCUT2D eigenvalue weighted by atomic mass is 9.93. The van der Waals surface area contributed by atoms with Crippen LogP contribution in [-0.2, 0) is 0 Å². The average molecular weight is 475 g/mol. The van der Waals surface area contributed by atoms with E-state index in [1.807, 2.05) is 4.90 Å². The number of aryl methyl sites for hydroxylation is 1. The van der Waals surface area contributed by atoms with Crippen LogP contribution in [0, 0.1) is 18.2 Å². The lowest BCUT2D eigenvalue weighted by molar-refractivity contribution is -0.0221. The molecule has 3 aliphatic rings. The number of carbonyl (C=O) groups is 1. The van der Waals surface area contributed by atoms with Gasteiger partial charge in [-0.15, -0.1) is 0 Å². The minimum absolute atomic E-state index is 0.00934. The lowest BCUT2D eigenvalue weighted by Gasteiger charge is -2.35. The quantitative estimate of drug-likeness (QED) is 0.640. The minimum Gasteiger partial charge on any atom is -0.399 e. The Kier molecular flexibility index (Phi) is 5.56. The molecule has 34 heavy (non-hydrogen) atoms. The van der Waals surface area contributed by atoms with Crippen molar-refractivity contribution in [3.05, 3.63) is 35.3 Å². The molecule has 3 fully saturated rings. The van der Waals surface area contributed by atoms with Crippen LogP contribution in [-0.4, -0.2) is 48.0 Å². The number of nitrogens with zero attached hydrogens (tertiary/aromatic N) is 4. The predicted molar refractivity (Wildman–Crippen MR) is 125 cm³/mol. The van der Waals surface area contributed by atoms with E-state index in [9.17, 15) is 13.6 Å². The van der Waals surface area contributed by atoms with Gasteiger partial charge in [0, 0.05) is 56.5 Å². The molecule has 2 saturated heterocycles. The summed E-state index contributed by atoms with van der Waals surface area (Å²) in [6.07, 6.45) is 4.00. The highest BCUT2D eigenvalue weighted by Gasteiger charge is 2.45. The van der Waals surface area contributed by atoms with E-state index in [1.54, 1.807) is 24.0 Å². The Morgan fingerprint density at radius 1 is 0.971 bits per heavy atom. The molecule has 7 nitrogen and oxygen atoms in total. The van der Waals surface area contributed by atoms with E-state index in [0.717, 1.165) is 32.0 Å². The molecule has 1 saturated carbocycles. The van der Waals surface area contributed by atoms with Crippen molar-refractivity contribution < 1.29 is 18.0 Å². The van der Waals surface area contributed by atoms with Crippen molar-refractivity contribution in [2.24, 2.45) is 5.41 Å². The number of nitrogens with one attached hydrogen (secondary N) is 1. The van der Waals surface area contributed by atoms with Crippen LogP contribution >= 0.6 is 0 Å². The van der Waals surface area contributed by atoms with Crippen molar-refractivity contribution in [2.45, 2.75) is 51.4 Å². The van der Waals surface area contributed by atoms with Gasteiger partial charge >= 0.3 is 0 Å². The molecule has 2 aromatic rings. The summed E-state index contributed by atoms with van der Waals surface area (Å²) in [6.45, 7) is 3.53. The maximum Gasteiger partial charge on any atom is 0.263 e. The zero-order chi connectivity index (χ0) is 24.1. The van der Waals surface area contributed by atoms with Crippen LogP contribution in [0.15, 0.2) is 18.2 Å². The van der Waals surface area contributed by atoms with Crippen molar-refractivity contribution in [1.82, 2.24) is 9.97 Å². The summed E-state index contributed by atoms with van der Waals surface area (Å²) < 4.78 is 42.1. The first-order valence-electron chi connectivity index (χ1n) is 11.8. The molecule has 182 valence electrons. The van der Waals surface area contributed by atoms with E-state index >= 15 is 4.39 Å². The van der Waals surface area contributed by atoms with Gasteiger partial charge in [-0.2, -0.15) is 4.98 Å². The fourth-order valence-corrected chi connectivity index (χ4v) is 4.98. The molecule has 1 aliphatic carbocycles. The lowest BCUT2D eigenvalue weighted by Crippen LogP contribution is -2.40. The molecule has 3 heterocycles. The second-order valence-corrected chi connectivity index (χ2v) is 9.87. The Hall–Kier alpha value is -3.04. The van der Waals surface area contributed by atoms with Gasteiger partial charge < -0.3 is 15.5 Å². The molecule has 1 amide bonds. The van der Waals surface area contributed by atoms with Crippen molar-refractivity contribution in [1.29, 1.82) is 0 Å². The summed E-state index contributed by atoms with van der Waals surface area (Å²) in [6, 6.07) is 4.47. The summed E-state index contributed by atoms with van der Waals surface area (Å²) in [5, 5.41) is 2.62. The smallest absolute Gasteiger partial charge is 0.263 e. The number of anilines is 4. The Bertz CT molecular complexity index is 1100. The number of carbonyl (C=O) groups excluding carboxylic acids is 1. The largest absolute Gasteiger partial charge is 0.399 e. The Balaban J connectivity index is 1.38. The van der Waals surface area contributed by atoms with E-state index in [2.05, 4.69) is 15.3 Å². The number of amides is 1. The van der Waals surface area contributed by atoms with E-state index in [4.69, 9.17) is 5.73 Å². The van der Waals surface area contributed by atoms with E-state index in [0.29, 0.717) is 22.6 Å². The zero-order valence-corrected chi connectivity index (χ0v) is 19.2. The van der Waals surface area contributed by atoms with Crippen LogP contribution in [0.25, 0.3) is 0 Å². The SMILES string of the molecule is Cc1cc(N2CCC(F)(F)CC2)nc(NC(=O)c2c(F)cc(N)cc2N2CCC3(CC2)CC3)n1. The number of hydrogen-bond donors (Lipinski definition) is 2. The number of nitrogen functional groups attached to an aromatic ring is 1. The fraction of sp³-hybridized carbons (Fsp3) is 0.542. The van der Waals surface area contributed by atoms with Gasteiger partial charge in [0.05, 0.1) is 11.3 Å². The first-order chi connectivity index (χ1) is 16.1. The van der Waals surface area contributed by atoms with Crippen LogP contribution in [0.2, 0.25) is 0 Å². The Labute approximate surface area is 196 Å². The summed E-state index contributed by atoms with van der Waals surface area (Å²) in [7, 11) is 0. The van der Waals surface area contributed by atoms with Crippen LogP contribution < -0.4 is 20.9 Å². The first kappa shape index (κ1) is 22.7. The monoisotopic (exact) mass is 474 g/mol.